The van der Waals surface area contributed by atoms with Crippen LogP contribution in [0.15, 0.2) is 42.7 Å². The molecular weight excluding hydrogens is 284 g/mol. The number of benzene rings is 1. The highest BCUT2D eigenvalue weighted by Crippen LogP contribution is 2.35. The summed E-state index contributed by atoms with van der Waals surface area (Å²) in [4.78, 5) is 4.04. The van der Waals surface area contributed by atoms with Gasteiger partial charge in [0.2, 0.25) is 6.79 Å². The first-order chi connectivity index (χ1) is 10.8. The summed E-state index contributed by atoms with van der Waals surface area (Å²) < 4.78 is 16.1. The molecule has 0 unspecified atom stereocenters. The third-order valence-corrected chi connectivity index (χ3v) is 3.22. The maximum atomic E-state index is 9.92. The second-order valence-corrected chi connectivity index (χ2v) is 4.97. The molecule has 0 amide bonds. The minimum atomic E-state index is -0.595. The lowest BCUT2D eigenvalue weighted by atomic mass is 10.3. The van der Waals surface area contributed by atoms with Crippen LogP contribution in [0.4, 0.5) is 0 Å². The van der Waals surface area contributed by atoms with Crippen molar-refractivity contribution in [1.29, 1.82) is 0 Å². The number of nitrogens with zero attached hydrogens (tertiary/aromatic N) is 1. The molecule has 1 aliphatic rings. The summed E-state index contributed by atoms with van der Waals surface area (Å²) in [6.07, 6.45) is 2.93. The fraction of sp³-hybridized carbons (Fsp3) is 0.312. The van der Waals surface area contributed by atoms with E-state index in [9.17, 15) is 5.11 Å². The second kappa shape index (κ2) is 7.11. The van der Waals surface area contributed by atoms with Crippen LogP contribution in [0, 0.1) is 0 Å². The normalized spacial score (nSPS) is 13.9. The molecule has 6 nitrogen and oxygen atoms in total. The summed E-state index contributed by atoms with van der Waals surface area (Å²) in [5.41, 5.74) is 1.08. The maximum Gasteiger partial charge on any atom is 0.231 e. The van der Waals surface area contributed by atoms with Crippen molar-refractivity contribution in [2.45, 2.75) is 12.6 Å². The molecule has 22 heavy (non-hydrogen) atoms. The van der Waals surface area contributed by atoms with E-state index in [4.69, 9.17) is 14.2 Å². The van der Waals surface area contributed by atoms with Gasteiger partial charge in [0.15, 0.2) is 11.5 Å². The van der Waals surface area contributed by atoms with E-state index in [0.29, 0.717) is 30.3 Å². The van der Waals surface area contributed by atoms with Crippen LogP contribution in [0.25, 0.3) is 0 Å². The molecule has 116 valence electrons. The van der Waals surface area contributed by atoms with Crippen molar-refractivity contribution >= 4 is 0 Å². The van der Waals surface area contributed by atoms with E-state index in [1.165, 1.54) is 0 Å². The highest BCUT2D eigenvalue weighted by molar-refractivity contribution is 5.46. The third kappa shape index (κ3) is 3.87. The number of fused-ring (bicyclic) bond motifs is 1. The fourth-order valence-electron chi connectivity index (χ4n) is 2.10. The van der Waals surface area contributed by atoms with E-state index in [1.807, 2.05) is 12.1 Å². The Morgan fingerprint density at radius 1 is 1.27 bits per heavy atom. The molecule has 2 N–H and O–H groups in total. The molecular formula is C16H18N2O4. The van der Waals surface area contributed by atoms with E-state index >= 15 is 0 Å². The standard InChI is InChI=1S/C16H18N2O4/c19-13(9-18-8-12-2-1-5-17-7-12)10-20-14-3-4-15-16(6-14)22-11-21-15/h1-7,13,18-19H,8-11H2/t13-/m1/s1. The molecule has 1 atom stereocenters. The smallest absolute Gasteiger partial charge is 0.231 e. The molecule has 0 radical (unpaired) electrons. The predicted octanol–water partition coefficient (Wildman–Crippen LogP) is 1.34. The summed E-state index contributed by atoms with van der Waals surface area (Å²) in [7, 11) is 0. The van der Waals surface area contributed by atoms with E-state index in [-0.39, 0.29) is 13.4 Å². The molecule has 0 saturated carbocycles. The number of pyridine rings is 1. The Morgan fingerprint density at radius 3 is 3.05 bits per heavy atom. The Hall–Kier alpha value is -2.31. The number of hydrogen-bond donors (Lipinski definition) is 2. The number of nitrogens with one attached hydrogen (secondary N) is 1. The predicted molar refractivity (Wildman–Crippen MR) is 80.0 cm³/mol. The van der Waals surface area contributed by atoms with Crippen LogP contribution in [0.5, 0.6) is 17.2 Å². The summed E-state index contributed by atoms with van der Waals surface area (Å²) >= 11 is 0. The summed E-state index contributed by atoms with van der Waals surface area (Å²) in [5, 5.41) is 13.1. The van der Waals surface area contributed by atoms with Crippen LogP contribution in [-0.2, 0) is 6.54 Å². The number of aliphatic hydroxyl groups excluding tert-OH is 1. The summed E-state index contributed by atoms with van der Waals surface area (Å²) in [6, 6.07) is 9.22. The molecule has 0 bridgehead atoms. The Kier molecular flexibility index (Phi) is 4.72. The second-order valence-electron chi connectivity index (χ2n) is 4.97. The quantitative estimate of drug-likeness (QED) is 0.804. The Bertz CT molecular complexity index is 606. The molecule has 1 aliphatic heterocycles. The average molecular weight is 302 g/mol. The van der Waals surface area contributed by atoms with Gasteiger partial charge < -0.3 is 24.6 Å². The number of rotatable bonds is 7. The van der Waals surface area contributed by atoms with Crippen LogP contribution in [0.1, 0.15) is 5.56 Å². The number of aliphatic hydroxyl groups is 1. The van der Waals surface area contributed by atoms with Gasteiger partial charge in [-0.05, 0) is 23.8 Å². The van der Waals surface area contributed by atoms with Crippen molar-refractivity contribution in [2.24, 2.45) is 0 Å². The fourth-order valence-corrected chi connectivity index (χ4v) is 2.10. The third-order valence-electron chi connectivity index (χ3n) is 3.22. The van der Waals surface area contributed by atoms with Crippen LogP contribution < -0.4 is 19.5 Å². The minimum Gasteiger partial charge on any atom is -0.491 e. The molecule has 6 heteroatoms. The van der Waals surface area contributed by atoms with Gasteiger partial charge in [-0.2, -0.15) is 0 Å². The zero-order chi connectivity index (χ0) is 15.2. The minimum absolute atomic E-state index is 0.208. The van der Waals surface area contributed by atoms with E-state index in [0.717, 1.165) is 5.56 Å². The van der Waals surface area contributed by atoms with Gasteiger partial charge in [-0.15, -0.1) is 0 Å². The lowest BCUT2D eigenvalue weighted by Crippen LogP contribution is -2.31. The Labute approximate surface area is 128 Å². The molecule has 0 spiro atoms. The van der Waals surface area contributed by atoms with Crippen LogP contribution in [0.2, 0.25) is 0 Å². The monoisotopic (exact) mass is 302 g/mol. The van der Waals surface area contributed by atoms with Gasteiger partial charge in [-0.25, -0.2) is 0 Å². The van der Waals surface area contributed by atoms with Crippen molar-refractivity contribution in [3.05, 3.63) is 48.3 Å². The van der Waals surface area contributed by atoms with Gasteiger partial charge in [-0.3, -0.25) is 4.98 Å². The molecule has 3 rings (SSSR count). The van der Waals surface area contributed by atoms with Crippen molar-refractivity contribution in [1.82, 2.24) is 10.3 Å². The van der Waals surface area contributed by atoms with E-state index in [2.05, 4.69) is 10.3 Å². The average Bonchev–Trinajstić information content (AvgIpc) is 3.01. The number of aromatic nitrogens is 1. The molecule has 0 aliphatic carbocycles. The van der Waals surface area contributed by atoms with Crippen LogP contribution in [-0.4, -0.2) is 36.1 Å². The first-order valence-electron chi connectivity index (χ1n) is 7.11. The van der Waals surface area contributed by atoms with Gasteiger partial charge >= 0.3 is 0 Å². The van der Waals surface area contributed by atoms with Gasteiger partial charge in [-0.1, -0.05) is 6.07 Å². The van der Waals surface area contributed by atoms with Crippen molar-refractivity contribution in [2.75, 3.05) is 19.9 Å². The van der Waals surface area contributed by atoms with Gasteiger partial charge in [0.1, 0.15) is 18.5 Å². The zero-order valence-electron chi connectivity index (χ0n) is 12.1. The van der Waals surface area contributed by atoms with Crippen LogP contribution >= 0.6 is 0 Å². The summed E-state index contributed by atoms with van der Waals surface area (Å²) in [6.45, 7) is 1.55. The molecule has 2 heterocycles. The lowest BCUT2D eigenvalue weighted by Gasteiger charge is -2.13. The molecule has 2 aromatic rings. The van der Waals surface area contributed by atoms with E-state index in [1.54, 1.807) is 30.6 Å². The maximum absolute atomic E-state index is 9.92. The molecule has 1 aromatic heterocycles. The highest BCUT2D eigenvalue weighted by atomic mass is 16.7. The first kappa shape index (κ1) is 14.6. The highest BCUT2D eigenvalue weighted by Gasteiger charge is 2.14. The lowest BCUT2D eigenvalue weighted by molar-refractivity contribution is 0.106. The molecule has 0 saturated heterocycles. The van der Waals surface area contributed by atoms with Gasteiger partial charge in [0.25, 0.3) is 0 Å². The first-order valence-corrected chi connectivity index (χ1v) is 7.11. The number of ether oxygens (including phenoxy) is 3. The zero-order valence-corrected chi connectivity index (χ0v) is 12.1. The van der Waals surface area contributed by atoms with Crippen molar-refractivity contribution in [3.63, 3.8) is 0 Å². The number of hydrogen-bond acceptors (Lipinski definition) is 6. The molecule has 0 fully saturated rings. The van der Waals surface area contributed by atoms with E-state index < -0.39 is 6.10 Å². The Morgan fingerprint density at radius 2 is 2.18 bits per heavy atom. The van der Waals surface area contributed by atoms with Crippen LogP contribution in [0.3, 0.4) is 0 Å². The van der Waals surface area contributed by atoms with Gasteiger partial charge in [0.05, 0.1) is 0 Å². The Balaban J connectivity index is 1.40. The molecule has 1 aromatic carbocycles. The SMILES string of the molecule is O[C@H](CNCc1cccnc1)COc1ccc2c(c1)OCO2. The topological polar surface area (TPSA) is 72.8 Å². The van der Waals surface area contributed by atoms with Gasteiger partial charge in [0, 0.05) is 31.5 Å². The van der Waals surface area contributed by atoms with Crippen molar-refractivity contribution < 1.29 is 19.3 Å². The summed E-state index contributed by atoms with van der Waals surface area (Å²) in [5.74, 6) is 2.03. The van der Waals surface area contributed by atoms with Crippen molar-refractivity contribution in [3.8, 4) is 17.2 Å². The largest absolute Gasteiger partial charge is 0.491 e.